The fraction of sp³-hybridized carbons (Fsp3) is 0.238. The topological polar surface area (TPSA) is 65.5 Å². The van der Waals surface area contributed by atoms with Gasteiger partial charge in [-0.3, -0.25) is 4.98 Å². The van der Waals surface area contributed by atoms with E-state index < -0.39 is 5.97 Å². The summed E-state index contributed by atoms with van der Waals surface area (Å²) >= 11 is 8.20. The van der Waals surface area contributed by atoms with Crippen molar-refractivity contribution in [3.05, 3.63) is 58.7 Å². The smallest absolute Gasteiger partial charge is 0.337 e. The number of aryl methyl sites for hydroxylation is 1. The molecule has 1 fully saturated rings. The number of nitrogens with one attached hydrogen (secondary N) is 1. The maximum Gasteiger partial charge on any atom is 0.337 e. The van der Waals surface area contributed by atoms with Crippen molar-refractivity contribution in [1.29, 1.82) is 0 Å². The lowest BCUT2D eigenvalue weighted by molar-refractivity contribution is 0.0698. The highest BCUT2D eigenvalue weighted by atomic mass is 35.5. The molecule has 0 amide bonds. The van der Waals surface area contributed by atoms with Crippen LogP contribution in [0.25, 0.3) is 10.9 Å². The first kappa shape index (κ1) is 18.9. The Bertz CT molecular complexity index is 1050. The highest BCUT2D eigenvalue weighted by molar-refractivity contribution is 7.99. The van der Waals surface area contributed by atoms with Crippen molar-refractivity contribution in [2.24, 2.45) is 0 Å². The van der Waals surface area contributed by atoms with Crippen molar-refractivity contribution < 1.29 is 9.90 Å². The van der Waals surface area contributed by atoms with Gasteiger partial charge in [0.15, 0.2) is 0 Å². The Morgan fingerprint density at radius 3 is 2.75 bits per heavy atom. The first-order chi connectivity index (χ1) is 13.5. The van der Waals surface area contributed by atoms with E-state index in [0.717, 1.165) is 52.4 Å². The quantitative estimate of drug-likeness (QED) is 0.613. The predicted molar refractivity (Wildman–Crippen MR) is 118 cm³/mol. The van der Waals surface area contributed by atoms with Crippen molar-refractivity contribution >= 4 is 57.3 Å². The molecule has 1 aliphatic rings. The van der Waals surface area contributed by atoms with Crippen LogP contribution in [0.4, 0.5) is 17.1 Å². The normalized spacial score (nSPS) is 14.3. The third kappa shape index (κ3) is 3.75. The van der Waals surface area contributed by atoms with E-state index in [4.69, 9.17) is 11.6 Å². The van der Waals surface area contributed by atoms with E-state index in [1.165, 1.54) is 0 Å². The molecule has 1 aromatic heterocycles. The van der Waals surface area contributed by atoms with Crippen LogP contribution in [-0.4, -0.2) is 40.7 Å². The van der Waals surface area contributed by atoms with Gasteiger partial charge in [-0.1, -0.05) is 23.2 Å². The number of aromatic carboxylic acids is 1. The lowest BCUT2D eigenvalue weighted by Crippen LogP contribution is -2.33. The van der Waals surface area contributed by atoms with Gasteiger partial charge < -0.3 is 15.3 Å². The molecule has 4 rings (SSSR count). The monoisotopic (exact) mass is 413 g/mol. The molecular formula is C21H20ClN3O2S. The van der Waals surface area contributed by atoms with Crippen LogP contribution in [0.5, 0.6) is 0 Å². The summed E-state index contributed by atoms with van der Waals surface area (Å²) in [5.74, 6) is 1.15. The molecule has 2 aromatic carbocycles. The number of thioether (sulfide) groups is 1. The molecule has 0 atom stereocenters. The van der Waals surface area contributed by atoms with Crippen molar-refractivity contribution in [3.8, 4) is 0 Å². The molecule has 2 N–H and O–H groups in total. The lowest BCUT2D eigenvalue weighted by atomic mass is 10.1. The zero-order chi connectivity index (χ0) is 19.7. The highest BCUT2D eigenvalue weighted by Crippen LogP contribution is 2.38. The zero-order valence-corrected chi connectivity index (χ0v) is 17.0. The zero-order valence-electron chi connectivity index (χ0n) is 15.4. The van der Waals surface area contributed by atoms with Crippen molar-refractivity contribution in [1.82, 2.24) is 4.98 Å². The number of rotatable bonds is 4. The summed E-state index contributed by atoms with van der Waals surface area (Å²) in [5, 5.41) is 14.5. The second kappa shape index (κ2) is 7.89. The largest absolute Gasteiger partial charge is 0.478 e. The number of carbonyl (C=O) groups is 1. The van der Waals surface area contributed by atoms with E-state index >= 15 is 0 Å². The summed E-state index contributed by atoms with van der Waals surface area (Å²) in [4.78, 5) is 18.7. The molecule has 1 saturated heterocycles. The minimum Gasteiger partial charge on any atom is -0.478 e. The minimum atomic E-state index is -0.960. The third-order valence-corrected chi connectivity index (χ3v) is 6.00. The number of hydrogen-bond acceptors (Lipinski definition) is 5. The molecule has 0 bridgehead atoms. The maximum absolute atomic E-state index is 11.8. The number of halogens is 1. The van der Waals surface area contributed by atoms with Crippen LogP contribution < -0.4 is 10.2 Å². The average Bonchev–Trinajstić information content (AvgIpc) is 2.70. The standard InChI is InChI=1S/C21H20ClN3O2S/c1-13-2-4-18(16(10-13)21(26)27)24-20-15-11-14(22)3-5-17(15)23-12-19(20)25-6-8-28-9-7-25/h2-5,10-12H,6-9H2,1H3,(H,23,24)(H,26,27). The Labute approximate surface area is 172 Å². The third-order valence-electron chi connectivity index (χ3n) is 4.83. The fourth-order valence-electron chi connectivity index (χ4n) is 3.41. The fourth-order valence-corrected chi connectivity index (χ4v) is 4.48. The van der Waals surface area contributed by atoms with Crippen molar-refractivity contribution in [2.75, 3.05) is 34.8 Å². The second-order valence-corrected chi connectivity index (χ2v) is 8.42. The van der Waals surface area contributed by atoms with Crippen LogP contribution in [0.1, 0.15) is 15.9 Å². The van der Waals surface area contributed by atoms with Crippen molar-refractivity contribution in [3.63, 3.8) is 0 Å². The van der Waals surface area contributed by atoms with Gasteiger partial charge in [-0.15, -0.1) is 0 Å². The number of nitrogens with zero attached hydrogens (tertiary/aromatic N) is 2. The van der Waals surface area contributed by atoms with Gasteiger partial charge in [0.25, 0.3) is 0 Å². The first-order valence-electron chi connectivity index (χ1n) is 9.05. The average molecular weight is 414 g/mol. The number of carboxylic acid groups (broad SMARTS) is 1. The second-order valence-electron chi connectivity index (χ2n) is 6.76. The number of aromatic nitrogens is 1. The Hall–Kier alpha value is -2.44. The van der Waals surface area contributed by atoms with Crippen molar-refractivity contribution in [2.45, 2.75) is 6.92 Å². The summed E-state index contributed by atoms with van der Waals surface area (Å²) in [5.41, 5.74) is 4.31. The molecule has 3 aromatic rings. The molecule has 0 radical (unpaired) electrons. The summed E-state index contributed by atoms with van der Waals surface area (Å²) in [7, 11) is 0. The summed E-state index contributed by atoms with van der Waals surface area (Å²) in [6, 6.07) is 11.0. The Morgan fingerprint density at radius 2 is 2.00 bits per heavy atom. The Kier molecular flexibility index (Phi) is 5.33. The molecule has 144 valence electrons. The highest BCUT2D eigenvalue weighted by Gasteiger charge is 2.20. The Morgan fingerprint density at radius 1 is 1.21 bits per heavy atom. The van der Waals surface area contributed by atoms with Gasteiger partial charge in [0, 0.05) is 35.0 Å². The van der Waals surface area contributed by atoms with Gasteiger partial charge in [-0.05, 0) is 37.3 Å². The summed E-state index contributed by atoms with van der Waals surface area (Å²) < 4.78 is 0. The molecule has 7 heteroatoms. The van der Waals surface area contributed by atoms with Gasteiger partial charge in [-0.2, -0.15) is 11.8 Å². The number of hydrogen-bond donors (Lipinski definition) is 2. The number of fused-ring (bicyclic) bond motifs is 1. The Balaban J connectivity index is 1.88. The van der Waals surface area contributed by atoms with E-state index in [-0.39, 0.29) is 5.56 Å². The number of benzene rings is 2. The molecule has 28 heavy (non-hydrogen) atoms. The maximum atomic E-state index is 11.8. The van der Waals surface area contributed by atoms with Gasteiger partial charge in [0.2, 0.25) is 0 Å². The van der Waals surface area contributed by atoms with Gasteiger partial charge in [0.05, 0.1) is 34.3 Å². The van der Waals surface area contributed by atoms with Gasteiger partial charge in [-0.25, -0.2) is 4.79 Å². The van der Waals surface area contributed by atoms with Crippen LogP contribution in [0.3, 0.4) is 0 Å². The van der Waals surface area contributed by atoms with Crippen LogP contribution in [0.15, 0.2) is 42.6 Å². The lowest BCUT2D eigenvalue weighted by Gasteiger charge is -2.31. The molecule has 2 heterocycles. The SMILES string of the molecule is Cc1ccc(Nc2c(N3CCSCC3)cnc3ccc(Cl)cc23)c(C(=O)O)c1. The molecule has 0 saturated carbocycles. The summed E-state index contributed by atoms with van der Waals surface area (Å²) in [6.07, 6.45) is 1.86. The molecular weight excluding hydrogens is 394 g/mol. The number of carboxylic acids is 1. The molecule has 0 spiro atoms. The molecule has 0 unspecified atom stereocenters. The molecule has 5 nitrogen and oxygen atoms in total. The van der Waals surface area contributed by atoms with Crippen LogP contribution in [-0.2, 0) is 0 Å². The first-order valence-corrected chi connectivity index (χ1v) is 10.6. The van der Waals surface area contributed by atoms with Crippen LogP contribution in [0, 0.1) is 6.92 Å². The number of anilines is 3. The van der Waals surface area contributed by atoms with E-state index in [1.807, 2.05) is 55.2 Å². The summed E-state index contributed by atoms with van der Waals surface area (Å²) in [6.45, 7) is 3.73. The van der Waals surface area contributed by atoms with Gasteiger partial charge >= 0.3 is 5.97 Å². The van der Waals surface area contributed by atoms with E-state index in [0.29, 0.717) is 10.7 Å². The van der Waals surface area contributed by atoms with Crippen LogP contribution in [0.2, 0.25) is 5.02 Å². The molecule has 0 aliphatic carbocycles. The minimum absolute atomic E-state index is 0.243. The predicted octanol–water partition coefficient (Wildman–Crippen LogP) is 5.19. The van der Waals surface area contributed by atoms with E-state index in [9.17, 15) is 9.90 Å². The molecule has 1 aliphatic heterocycles. The van der Waals surface area contributed by atoms with E-state index in [2.05, 4.69) is 15.2 Å². The van der Waals surface area contributed by atoms with Crippen LogP contribution >= 0.6 is 23.4 Å². The number of pyridine rings is 1. The van der Waals surface area contributed by atoms with E-state index in [1.54, 1.807) is 6.07 Å². The van der Waals surface area contributed by atoms with Gasteiger partial charge in [0.1, 0.15) is 0 Å².